The minimum atomic E-state index is -0.560. The van der Waals surface area contributed by atoms with Crippen molar-refractivity contribution in [2.75, 3.05) is 19.7 Å². The summed E-state index contributed by atoms with van der Waals surface area (Å²) in [7, 11) is 0. The van der Waals surface area contributed by atoms with E-state index in [0.29, 0.717) is 41.7 Å². The summed E-state index contributed by atoms with van der Waals surface area (Å²) in [5.41, 5.74) is 1.10. The van der Waals surface area contributed by atoms with E-state index in [9.17, 15) is 9.59 Å². The van der Waals surface area contributed by atoms with Gasteiger partial charge in [0.15, 0.2) is 6.61 Å². The minimum Gasteiger partial charge on any atom is -0.482 e. The Balaban J connectivity index is 2.12. The standard InChI is InChI=1S/C22H26Cl2N2O3/c1-3-19(22(28)25-4-2)26(13-12-16-8-6-5-7-9-16)21(27)15-29-20-11-10-17(23)14-18(20)24/h5-11,14,19H,3-4,12-13,15H2,1-2H3,(H,25,28)/t19-/m0/s1. The van der Waals surface area contributed by atoms with Crippen LogP contribution in [-0.4, -0.2) is 42.5 Å². The van der Waals surface area contributed by atoms with E-state index < -0.39 is 6.04 Å². The molecule has 0 aliphatic heterocycles. The normalized spacial score (nSPS) is 11.6. The summed E-state index contributed by atoms with van der Waals surface area (Å²) in [4.78, 5) is 27.1. The van der Waals surface area contributed by atoms with Crippen LogP contribution in [0.25, 0.3) is 0 Å². The molecule has 29 heavy (non-hydrogen) atoms. The van der Waals surface area contributed by atoms with Crippen molar-refractivity contribution in [1.82, 2.24) is 10.2 Å². The Hall–Kier alpha value is -2.24. The van der Waals surface area contributed by atoms with Gasteiger partial charge in [-0.2, -0.15) is 0 Å². The Morgan fingerprint density at radius 1 is 1.10 bits per heavy atom. The number of hydrogen-bond acceptors (Lipinski definition) is 3. The molecule has 2 amide bonds. The number of nitrogens with zero attached hydrogens (tertiary/aromatic N) is 1. The molecule has 0 saturated carbocycles. The van der Waals surface area contributed by atoms with E-state index in [4.69, 9.17) is 27.9 Å². The topological polar surface area (TPSA) is 58.6 Å². The van der Waals surface area contributed by atoms with Gasteiger partial charge in [0.05, 0.1) is 5.02 Å². The molecule has 2 aromatic carbocycles. The highest BCUT2D eigenvalue weighted by Crippen LogP contribution is 2.27. The summed E-state index contributed by atoms with van der Waals surface area (Å²) in [6, 6.07) is 14.1. The van der Waals surface area contributed by atoms with Gasteiger partial charge in [-0.1, -0.05) is 60.5 Å². The van der Waals surface area contributed by atoms with Gasteiger partial charge >= 0.3 is 0 Å². The molecule has 7 heteroatoms. The maximum atomic E-state index is 13.0. The number of benzene rings is 2. The van der Waals surface area contributed by atoms with Gasteiger partial charge in [-0.25, -0.2) is 0 Å². The van der Waals surface area contributed by atoms with Gasteiger partial charge in [0.1, 0.15) is 11.8 Å². The van der Waals surface area contributed by atoms with Crippen molar-refractivity contribution in [3.63, 3.8) is 0 Å². The average molecular weight is 437 g/mol. The molecule has 0 radical (unpaired) electrons. The number of nitrogens with one attached hydrogen (secondary N) is 1. The monoisotopic (exact) mass is 436 g/mol. The van der Waals surface area contributed by atoms with Crippen molar-refractivity contribution in [3.8, 4) is 5.75 Å². The van der Waals surface area contributed by atoms with Crippen LogP contribution in [0.15, 0.2) is 48.5 Å². The second kappa shape index (κ2) is 11.7. The predicted molar refractivity (Wildman–Crippen MR) is 117 cm³/mol. The van der Waals surface area contributed by atoms with Crippen LogP contribution in [0.5, 0.6) is 5.75 Å². The van der Waals surface area contributed by atoms with Crippen molar-refractivity contribution in [2.45, 2.75) is 32.7 Å². The van der Waals surface area contributed by atoms with Crippen LogP contribution >= 0.6 is 23.2 Å². The predicted octanol–water partition coefficient (Wildman–Crippen LogP) is 4.36. The summed E-state index contributed by atoms with van der Waals surface area (Å²) in [6.07, 6.45) is 1.15. The highest BCUT2D eigenvalue weighted by atomic mass is 35.5. The van der Waals surface area contributed by atoms with E-state index in [-0.39, 0.29) is 18.4 Å². The lowest BCUT2D eigenvalue weighted by molar-refractivity contribution is -0.142. The van der Waals surface area contributed by atoms with Crippen molar-refractivity contribution in [1.29, 1.82) is 0 Å². The number of carbonyl (C=O) groups is 2. The second-order valence-corrected chi connectivity index (χ2v) is 7.35. The van der Waals surface area contributed by atoms with Gasteiger partial charge in [-0.3, -0.25) is 9.59 Å². The smallest absolute Gasteiger partial charge is 0.261 e. The van der Waals surface area contributed by atoms with E-state index in [1.165, 1.54) is 0 Å². The van der Waals surface area contributed by atoms with Crippen molar-refractivity contribution in [3.05, 3.63) is 64.1 Å². The fraction of sp³-hybridized carbons (Fsp3) is 0.364. The molecule has 0 spiro atoms. The molecule has 1 N–H and O–H groups in total. The Morgan fingerprint density at radius 3 is 2.45 bits per heavy atom. The lowest BCUT2D eigenvalue weighted by atomic mass is 10.1. The van der Waals surface area contributed by atoms with Crippen LogP contribution in [0.2, 0.25) is 10.0 Å². The van der Waals surface area contributed by atoms with Gasteiger partial charge in [0, 0.05) is 18.1 Å². The Morgan fingerprint density at radius 2 is 1.83 bits per heavy atom. The molecule has 1 atom stereocenters. The summed E-state index contributed by atoms with van der Waals surface area (Å²) < 4.78 is 5.61. The van der Waals surface area contributed by atoms with Gasteiger partial charge in [-0.05, 0) is 43.5 Å². The maximum Gasteiger partial charge on any atom is 0.261 e. The average Bonchev–Trinajstić information content (AvgIpc) is 2.71. The summed E-state index contributed by atoms with van der Waals surface area (Å²) >= 11 is 12.0. The lowest BCUT2D eigenvalue weighted by Crippen LogP contribution is -2.51. The zero-order valence-electron chi connectivity index (χ0n) is 16.7. The van der Waals surface area contributed by atoms with Gasteiger partial charge in [-0.15, -0.1) is 0 Å². The van der Waals surface area contributed by atoms with Crippen LogP contribution in [0, 0.1) is 0 Å². The number of likely N-dealkylation sites (N-methyl/N-ethyl adjacent to an activating group) is 1. The van der Waals surface area contributed by atoms with E-state index >= 15 is 0 Å². The molecule has 0 aliphatic rings. The Kier molecular flexibility index (Phi) is 9.29. The summed E-state index contributed by atoms with van der Waals surface area (Å²) in [5.74, 6) is -0.0653. The number of ether oxygens (including phenoxy) is 1. The van der Waals surface area contributed by atoms with Crippen LogP contribution in [0.3, 0.4) is 0 Å². The lowest BCUT2D eigenvalue weighted by Gasteiger charge is -2.30. The minimum absolute atomic E-state index is 0.166. The largest absolute Gasteiger partial charge is 0.482 e. The number of rotatable bonds is 10. The molecule has 0 aliphatic carbocycles. The third-order valence-corrected chi connectivity index (χ3v) is 5.00. The number of carbonyl (C=O) groups excluding carboxylic acids is 2. The van der Waals surface area contributed by atoms with E-state index in [1.807, 2.05) is 44.2 Å². The summed E-state index contributed by atoms with van der Waals surface area (Å²) in [6.45, 7) is 4.45. The van der Waals surface area contributed by atoms with Gasteiger partial charge in [0.2, 0.25) is 5.91 Å². The third-order valence-electron chi connectivity index (χ3n) is 4.47. The van der Waals surface area contributed by atoms with Crippen LogP contribution < -0.4 is 10.1 Å². The van der Waals surface area contributed by atoms with Crippen molar-refractivity contribution in [2.24, 2.45) is 0 Å². The number of halogens is 2. The first kappa shape index (κ1) is 23.0. The van der Waals surface area contributed by atoms with Gasteiger partial charge < -0.3 is 15.0 Å². The Labute approximate surface area is 181 Å². The molecule has 156 valence electrons. The van der Waals surface area contributed by atoms with Crippen LogP contribution in [0.4, 0.5) is 0 Å². The number of amides is 2. The zero-order valence-corrected chi connectivity index (χ0v) is 18.2. The van der Waals surface area contributed by atoms with E-state index in [2.05, 4.69) is 5.32 Å². The first-order valence-electron chi connectivity index (χ1n) is 9.65. The highest BCUT2D eigenvalue weighted by Gasteiger charge is 2.28. The van der Waals surface area contributed by atoms with Crippen molar-refractivity contribution >= 4 is 35.0 Å². The summed E-state index contributed by atoms with van der Waals surface area (Å²) in [5, 5.41) is 3.63. The zero-order chi connectivity index (χ0) is 21.2. The van der Waals surface area contributed by atoms with E-state index in [1.54, 1.807) is 23.1 Å². The second-order valence-electron chi connectivity index (χ2n) is 6.50. The fourth-order valence-corrected chi connectivity index (χ4v) is 3.47. The molecule has 2 rings (SSSR count). The van der Waals surface area contributed by atoms with Crippen molar-refractivity contribution < 1.29 is 14.3 Å². The molecule has 0 bridgehead atoms. The Bertz CT molecular complexity index is 815. The third kappa shape index (κ3) is 6.94. The molecular weight excluding hydrogens is 411 g/mol. The van der Waals surface area contributed by atoms with E-state index in [0.717, 1.165) is 5.56 Å². The van der Waals surface area contributed by atoms with Crippen LogP contribution in [0.1, 0.15) is 25.8 Å². The molecule has 0 heterocycles. The SMILES string of the molecule is CCNC(=O)[C@H](CC)N(CCc1ccccc1)C(=O)COc1ccc(Cl)cc1Cl. The fourth-order valence-electron chi connectivity index (χ4n) is 3.00. The highest BCUT2D eigenvalue weighted by molar-refractivity contribution is 6.35. The quantitative estimate of drug-likeness (QED) is 0.601. The maximum absolute atomic E-state index is 13.0. The first-order valence-corrected chi connectivity index (χ1v) is 10.4. The molecule has 5 nitrogen and oxygen atoms in total. The molecule has 2 aromatic rings. The molecular formula is C22H26Cl2N2O3. The molecule has 0 saturated heterocycles. The molecule has 0 fully saturated rings. The molecule has 0 aromatic heterocycles. The molecule has 0 unspecified atom stereocenters. The first-order chi connectivity index (χ1) is 14.0. The van der Waals surface area contributed by atoms with Gasteiger partial charge in [0.25, 0.3) is 5.91 Å². The number of hydrogen-bond donors (Lipinski definition) is 1. The van der Waals surface area contributed by atoms with Crippen LogP contribution in [-0.2, 0) is 16.0 Å².